The van der Waals surface area contributed by atoms with Gasteiger partial charge in [0.15, 0.2) is 0 Å². The maximum Gasteiger partial charge on any atom is 0.573 e. The molecule has 3 N–H and O–H groups in total. The van der Waals surface area contributed by atoms with Crippen LogP contribution in [0.1, 0.15) is 11.1 Å². The fraction of sp³-hybridized carbons (Fsp3) is 0.190. The Kier molecular flexibility index (Phi) is 6.28. The molecule has 0 aliphatic rings. The molecule has 2 aromatic carbocycles. The van der Waals surface area contributed by atoms with Crippen molar-refractivity contribution >= 4 is 23.4 Å². The first-order valence-corrected chi connectivity index (χ1v) is 9.14. The van der Waals surface area contributed by atoms with Crippen LogP contribution in [-0.2, 0) is 4.79 Å². The Hall–Kier alpha value is -3.82. The lowest BCUT2D eigenvalue weighted by atomic mass is 10.1. The summed E-state index contributed by atoms with van der Waals surface area (Å²) in [7, 11) is 0. The minimum Gasteiger partial charge on any atom is -0.480 e. The van der Waals surface area contributed by atoms with E-state index in [0.717, 1.165) is 16.8 Å². The molecule has 0 radical (unpaired) electrons. The summed E-state index contributed by atoms with van der Waals surface area (Å²) < 4.78 is 41.7. The highest BCUT2D eigenvalue weighted by atomic mass is 19.4. The lowest BCUT2D eigenvalue weighted by Crippen LogP contribution is -2.17. The Morgan fingerprint density at radius 1 is 1.10 bits per heavy atom. The van der Waals surface area contributed by atoms with E-state index in [1.54, 1.807) is 12.1 Å². The van der Waals surface area contributed by atoms with E-state index in [-0.39, 0.29) is 11.6 Å². The molecule has 0 amide bonds. The van der Waals surface area contributed by atoms with Crippen molar-refractivity contribution in [3.8, 4) is 17.0 Å². The highest BCUT2D eigenvalue weighted by Crippen LogP contribution is 2.30. The van der Waals surface area contributed by atoms with Gasteiger partial charge in [-0.2, -0.15) is 4.98 Å². The summed E-state index contributed by atoms with van der Waals surface area (Å²) in [6.45, 7) is 3.41. The number of halogens is 3. The number of carbonyl (C=O) groups is 1. The second-order valence-corrected chi connectivity index (χ2v) is 6.73. The van der Waals surface area contributed by atoms with Gasteiger partial charge < -0.3 is 20.5 Å². The summed E-state index contributed by atoms with van der Waals surface area (Å²) in [5, 5.41) is 14.7. The first kappa shape index (κ1) is 21.9. The zero-order valence-corrected chi connectivity index (χ0v) is 16.6. The molecule has 0 fully saturated rings. The number of rotatable bonds is 7. The molecular formula is C21H19F3N4O3. The van der Waals surface area contributed by atoms with Gasteiger partial charge in [-0.15, -0.1) is 13.2 Å². The number of aliphatic carboxylic acids is 1. The van der Waals surface area contributed by atoms with Gasteiger partial charge in [-0.3, -0.25) is 4.79 Å². The number of alkyl halides is 3. The van der Waals surface area contributed by atoms with Crippen molar-refractivity contribution in [2.24, 2.45) is 0 Å². The number of nitrogens with zero attached hydrogens (tertiary/aromatic N) is 2. The van der Waals surface area contributed by atoms with Gasteiger partial charge >= 0.3 is 12.3 Å². The highest BCUT2D eigenvalue weighted by Gasteiger charge is 2.31. The Balaban J connectivity index is 2.00. The van der Waals surface area contributed by atoms with E-state index in [2.05, 4.69) is 25.3 Å². The average molecular weight is 432 g/mol. The lowest BCUT2D eigenvalue weighted by molar-refractivity contribution is -0.274. The number of nitrogens with one attached hydrogen (secondary N) is 2. The van der Waals surface area contributed by atoms with E-state index < -0.39 is 24.6 Å². The molecule has 0 unspecified atom stereocenters. The molecule has 10 heteroatoms. The molecule has 7 nitrogen and oxygen atoms in total. The smallest absolute Gasteiger partial charge is 0.480 e. The Morgan fingerprint density at radius 2 is 1.87 bits per heavy atom. The third-order valence-electron chi connectivity index (χ3n) is 4.14. The number of aryl methyl sites for hydroxylation is 2. The van der Waals surface area contributed by atoms with Crippen LogP contribution in [0.25, 0.3) is 11.3 Å². The van der Waals surface area contributed by atoms with Gasteiger partial charge in [-0.1, -0.05) is 24.3 Å². The molecule has 1 aromatic heterocycles. The molecule has 0 atom stereocenters. The first-order valence-electron chi connectivity index (χ1n) is 9.14. The van der Waals surface area contributed by atoms with Crippen molar-refractivity contribution in [2.45, 2.75) is 20.2 Å². The summed E-state index contributed by atoms with van der Waals surface area (Å²) in [4.78, 5) is 19.4. The van der Waals surface area contributed by atoms with E-state index in [1.165, 1.54) is 18.2 Å². The van der Waals surface area contributed by atoms with Crippen LogP contribution < -0.4 is 15.4 Å². The van der Waals surface area contributed by atoms with E-state index in [9.17, 15) is 18.0 Å². The van der Waals surface area contributed by atoms with Crippen LogP contribution in [0.5, 0.6) is 5.75 Å². The summed E-state index contributed by atoms with van der Waals surface area (Å²) in [6, 6.07) is 12.7. The molecule has 3 aromatic rings. The zero-order valence-electron chi connectivity index (χ0n) is 16.6. The topological polar surface area (TPSA) is 96.4 Å². The molecule has 31 heavy (non-hydrogen) atoms. The Bertz CT molecular complexity index is 1100. The van der Waals surface area contributed by atoms with Crippen molar-refractivity contribution in [3.63, 3.8) is 0 Å². The van der Waals surface area contributed by atoms with E-state index in [1.807, 2.05) is 32.0 Å². The van der Waals surface area contributed by atoms with Crippen molar-refractivity contribution in [2.75, 3.05) is 17.2 Å². The van der Waals surface area contributed by atoms with Gasteiger partial charge in [-0.25, -0.2) is 4.98 Å². The van der Waals surface area contributed by atoms with Crippen LogP contribution in [0.4, 0.5) is 30.6 Å². The SMILES string of the molecule is Cc1ccc(C)c(Nc2cc(-c3cccc(OC(F)(F)F)c3)nc(NCC(=O)O)n2)c1. The molecule has 0 spiro atoms. The fourth-order valence-electron chi connectivity index (χ4n) is 2.75. The van der Waals surface area contributed by atoms with E-state index in [0.29, 0.717) is 11.4 Å². The van der Waals surface area contributed by atoms with Crippen molar-refractivity contribution < 1.29 is 27.8 Å². The van der Waals surface area contributed by atoms with Crippen molar-refractivity contribution in [3.05, 3.63) is 59.7 Å². The molecular weight excluding hydrogens is 413 g/mol. The fourth-order valence-corrected chi connectivity index (χ4v) is 2.75. The van der Waals surface area contributed by atoms with Crippen molar-refractivity contribution in [1.82, 2.24) is 9.97 Å². The number of carboxylic acid groups (broad SMARTS) is 1. The predicted molar refractivity (Wildman–Crippen MR) is 109 cm³/mol. The molecule has 0 aliphatic heterocycles. The second-order valence-electron chi connectivity index (χ2n) is 6.73. The Morgan fingerprint density at radius 3 is 2.58 bits per heavy atom. The molecule has 3 rings (SSSR count). The number of anilines is 3. The normalized spacial score (nSPS) is 11.1. The molecule has 1 heterocycles. The van der Waals surface area contributed by atoms with Crippen LogP contribution in [-0.4, -0.2) is 34.0 Å². The van der Waals surface area contributed by atoms with E-state index in [4.69, 9.17) is 5.11 Å². The average Bonchev–Trinajstić information content (AvgIpc) is 2.68. The summed E-state index contributed by atoms with van der Waals surface area (Å²) in [6.07, 6.45) is -4.83. The van der Waals surface area contributed by atoms with Crippen molar-refractivity contribution in [1.29, 1.82) is 0 Å². The predicted octanol–water partition coefficient (Wildman–Crippen LogP) is 4.90. The molecule has 0 saturated carbocycles. The summed E-state index contributed by atoms with van der Waals surface area (Å²) in [5.41, 5.74) is 3.37. The molecule has 0 aliphatic carbocycles. The van der Waals surface area contributed by atoms with Gasteiger partial charge in [0.25, 0.3) is 0 Å². The van der Waals surface area contributed by atoms with Gasteiger partial charge in [0.2, 0.25) is 5.95 Å². The van der Waals surface area contributed by atoms with Gasteiger partial charge in [0.1, 0.15) is 18.1 Å². The van der Waals surface area contributed by atoms with Gasteiger partial charge in [-0.05, 0) is 43.2 Å². The quantitative estimate of drug-likeness (QED) is 0.489. The highest BCUT2D eigenvalue weighted by molar-refractivity contribution is 5.73. The minimum absolute atomic E-state index is 0.00912. The monoisotopic (exact) mass is 432 g/mol. The standard InChI is InChI=1S/C21H19F3N4O3/c1-12-6-7-13(2)16(8-12)26-18-10-17(27-20(28-18)25-11-19(29)30)14-4-3-5-15(9-14)31-21(22,23)24/h3-10H,11H2,1-2H3,(H,29,30)(H2,25,26,27,28). The third-order valence-corrected chi connectivity index (χ3v) is 4.14. The maximum atomic E-state index is 12.6. The van der Waals surface area contributed by atoms with Crippen LogP contribution in [0, 0.1) is 13.8 Å². The number of hydrogen-bond donors (Lipinski definition) is 3. The number of ether oxygens (including phenoxy) is 1. The van der Waals surface area contributed by atoms with Gasteiger partial charge in [0, 0.05) is 17.3 Å². The largest absolute Gasteiger partial charge is 0.573 e. The molecule has 0 saturated heterocycles. The number of benzene rings is 2. The number of hydrogen-bond acceptors (Lipinski definition) is 6. The number of aromatic nitrogens is 2. The zero-order chi connectivity index (χ0) is 22.6. The van der Waals surface area contributed by atoms with Crippen LogP contribution >= 0.6 is 0 Å². The third kappa shape index (κ3) is 6.33. The Labute approximate surface area is 175 Å². The van der Waals surface area contributed by atoms with Gasteiger partial charge in [0.05, 0.1) is 5.69 Å². The number of carboxylic acids is 1. The first-order chi connectivity index (χ1) is 14.6. The summed E-state index contributed by atoms with van der Waals surface area (Å²) >= 11 is 0. The minimum atomic E-state index is -4.83. The summed E-state index contributed by atoms with van der Waals surface area (Å²) in [5.74, 6) is -1.16. The lowest BCUT2D eigenvalue weighted by Gasteiger charge is -2.14. The van der Waals surface area contributed by atoms with Crippen LogP contribution in [0.15, 0.2) is 48.5 Å². The second kappa shape index (κ2) is 8.90. The van der Waals surface area contributed by atoms with Crippen LogP contribution in [0.2, 0.25) is 0 Å². The van der Waals surface area contributed by atoms with E-state index >= 15 is 0 Å². The molecule has 162 valence electrons. The maximum absolute atomic E-state index is 12.6. The molecule has 0 bridgehead atoms. The van der Waals surface area contributed by atoms with Crippen LogP contribution in [0.3, 0.4) is 0 Å².